The third kappa shape index (κ3) is 6.67. The van der Waals surface area contributed by atoms with E-state index in [0.717, 1.165) is 0 Å². The van der Waals surface area contributed by atoms with Gasteiger partial charge in [-0.15, -0.1) is 0 Å². The summed E-state index contributed by atoms with van der Waals surface area (Å²) in [5.41, 5.74) is 5.41. The lowest BCUT2D eigenvalue weighted by Gasteiger charge is -2.21. The Morgan fingerprint density at radius 3 is 2.50 bits per heavy atom. The van der Waals surface area contributed by atoms with Gasteiger partial charge in [0.15, 0.2) is 0 Å². The molecule has 1 unspecified atom stereocenters. The molecule has 1 rings (SSSR count). The Labute approximate surface area is 135 Å². The Balaban J connectivity index is 2.51. The second-order valence-electron chi connectivity index (χ2n) is 5.80. The Bertz CT molecular complexity index is 529. The molecule has 1 aromatic rings. The molecule has 22 heavy (non-hydrogen) atoms. The number of amides is 2. The summed E-state index contributed by atoms with van der Waals surface area (Å²) in [5, 5.41) is 6.05. The molecule has 4 N–H and O–H groups in total. The van der Waals surface area contributed by atoms with Crippen LogP contribution in [-0.2, 0) is 9.53 Å². The number of carbonyl (C=O) groups is 2. The van der Waals surface area contributed by atoms with E-state index in [9.17, 15) is 9.59 Å². The summed E-state index contributed by atoms with van der Waals surface area (Å²) in [6.45, 7) is 5.58. The molecular formula is C15H22ClN3O3. The second kappa shape index (κ2) is 7.89. The number of para-hydroxylation sites is 1. The molecule has 0 bridgehead atoms. The summed E-state index contributed by atoms with van der Waals surface area (Å²) in [4.78, 5) is 23.0. The molecule has 0 aliphatic rings. The van der Waals surface area contributed by atoms with Crippen LogP contribution in [0.25, 0.3) is 0 Å². The number of primary amides is 1. The summed E-state index contributed by atoms with van der Waals surface area (Å²) >= 11 is 6.03. The molecule has 0 saturated heterocycles. The maximum atomic E-state index is 11.5. The maximum Gasteiger partial charge on any atom is 0.407 e. The normalized spacial score (nSPS) is 12.4. The quantitative estimate of drug-likeness (QED) is 0.748. The van der Waals surface area contributed by atoms with Crippen molar-refractivity contribution in [3.63, 3.8) is 0 Å². The predicted octanol–water partition coefficient (Wildman–Crippen LogP) is 2.52. The van der Waals surface area contributed by atoms with Crippen molar-refractivity contribution in [2.24, 2.45) is 5.73 Å². The molecule has 1 atom stereocenters. The summed E-state index contributed by atoms with van der Waals surface area (Å²) in [6.07, 6.45) is -0.215. The number of halogens is 1. The largest absolute Gasteiger partial charge is 0.444 e. The van der Waals surface area contributed by atoms with Gasteiger partial charge in [0.2, 0.25) is 5.91 Å². The fourth-order valence-corrected chi connectivity index (χ4v) is 1.87. The molecule has 0 aliphatic carbocycles. The van der Waals surface area contributed by atoms with Gasteiger partial charge < -0.3 is 21.1 Å². The van der Waals surface area contributed by atoms with Crippen molar-refractivity contribution in [2.75, 3.05) is 11.9 Å². The van der Waals surface area contributed by atoms with E-state index in [1.807, 2.05) is 0 Å². The number of anilines is 1. The van der Waals surface area contributed by atoms with E-state index in [1.54, 1.807) is 45.0 Å². The van der Waals surface area contributed by atoms with Crippen molar-refractivity contribution < 1.29 is 14.3 Å². The van der Waals surface area contributed by atoms with E-state index in [4.69, 9.17) is 22.1 Å². The third-order valence-electron chi connectivity index (χ3n) is 2.65. The van der Waals surface area contributed by atoms with Crippen molar-refractivity contribution in [3.05, 3.63) is 29.3 Å². The first kappa shape index (κ1) is 18.1. The van der Waals surface area contributed by atoms with Crippen LogP contribution in [0.3, 0.4) is 0 Å². The van der Waals surface area contributed by atoms with Gasteiger partial charge in [-0.1, -0.05) is 23.7 Å². The molecule has 6 nitrogen and oxygen atoms in total. The highest BCUT2D eigenvalue weighted by molar-refractivity contribution is 6.33. The van der Waals surface area contributed by atoms with E-state index in [0.29, 0.717) is 17.1 Å². The van der Waals surface area contributed by atoms with Gasteiger partial charge in [0.1, 0.15) is 11.6 Å². The maximum absolute atomic E-state index is 11.5. The van der Waals surface area contributed by atoms with Crippen LogP contribution >= 0.6 is 11.6 Å². The number of hydrogen-bond acceptors (Lipinski definition) is 4. The Kier molecular flexibility index (Phi) is 6.49. The summed E-state index contributed by atoms with van der Waals surface area (Å²) < 4.78 is 5.11. The molecule has 0 aromatic heterocycles. The zero-order chi connectivity index (χ0) is 16.8. The predicted molar refractivity (Wildman–Crippen MR) is 86.9 cm³/mol. The molecular weight excluding hydrogens is 306 g/mol. The molecule has 0 fully saturated rings. The minimum absolute atomic E-state index is 0.250. The lowest BCUT2D eigenvalue weighted by atomic mass is 10.1. The molecule has 122 valence electrons. The van der Waals surface area contributed by atoms with Crippen molar-refractivity contribution in [1.82, 2.24) is 5.32 Å². The minimum Gasteiger partial charge on any atom is -0.444 e. The minimum atomic E-state index is -0.644. The molecule has 0 radical (unpaired) electrons. The van der Waals surface area contributed by atoms with Crippen LogP contribution in [0, 0.1) is 0 Å². The van der Waals surface area contributed by atoms with Gasteiger partial charge in [-0.3, -0.25) is 4.79 Å². The van der Waals surface area contributed by atoms with Crippen LogP contribution in [0.2, 0.25) is 5.02 Å². The summed E-state index contributed by atoms with van der Waals surface area (Å²) in [6, 6.07) is 6.40. The standard InChI is InChI=1S/C15H22ClN3O3/c1-15(2,3)22-14(21)18-9-8-12(13(17)20)19-11-7-5-4-6-10(11)16/h4-7,12,19H,8-9H2,1-3H3,(H2,17,20)(H,18,21). The molecule has 0 saturated carbocycles. The summed E-state index contributed by atoms with van der Waals surface area (Å²) in [7, 11) is 0. The molecule has 1 aromatic carbocycles. The zero-order valence-electron chi connectivity index (χ0n) is 13.0. The van der Waals surface area contributed by atoms with Crippen LogP contribution in [-0.4, -0.2) is 30.2 Å². The van der Waals surface area contributed by atoms with E-state index >= 15 is 0 Å². The number of alkyl carbamates (subject to hydrolysis) is 1. The fraction of sp³-hybridized carbons (Fsp3) is 0.467. The van der Waals surface area contributed by atoms with Crippen LogP contribution in [0.5, 0.6) is 0 Å². The highest BCUT2D eigenvalue weighted by Crippen LogP contribution is 2.21. The number of nitrogens with one attached hydrogen (secondary N) is 2. The average Bonchev–Trinajstić information content (AvgIpc) is 2.37. The number of hydrogen-bond donors (Lipinski definition) is 3. The van der Waals surface area contributed by atoms with E-state index < -0.39 is 23.6 Å². The van der Waals surface area contributed by atoms with Crippen molar-refractivity contribution in [2.45, 2.75) is 38.8 Å². The fourth-order valence-electron chi connectivity index (χ4n) is 1.68. The van der Waals surface area contributed by atoms with Gasteiger partial charge in [-0.2, -0.15) is 0 Å². The molecule has 0 spiro atoms. The molecule has 2 amide bonds. The van der Waals surface area contributed by atoms with Gasteiger partial charge in [0.25, 0.3) is 0 Å². The zero-order valence-corrected chi connectivity index (χ0v) is 13.7. The van der Waals surface area contributed by atoms with E-state index in [2.05, 4.69) is 10.6 Å². The van der Waals surface area contributed by atoms with Gasteiger partial charge in [0.05, 0.1) is 10.7 Å². The smallest absolute Gasteiger partial charge is 0.407 e. The first-order valence-corrected chi connectivity index (χ1v) is 7.34. The lowest BCUT2D eigenvalue weighted by molar-refractivity contribution is -0.118. The van der Waals surface area contributed by atoms with Crippen LogP contribution < -0.4 is 16.4 Å². The monoisotopic (exact) mass is 327 g/mol. The molecule has 0 heterocycles. The number of rotatable bonds is 6. The molecule has 7 heteroatoms. The van der Waals surface area contributed by atoms with Crippen molar-refractivity contribution in [3.8, 4) is 0 Å². The van der Waals surface area contributed by atoms with Gasteiger partial charge in [-0.05, 0) is 39.3 Å². The van der Waals surface area contributed by atoms with Crippen LogP contribution in [0.1, 0.15) is 27.2 Å². The van der Waals surface area contributed by atoms with Gasteiger partial charge >= 0.3 is 6.09 Å². The number of nitrogens with two attached hydrogens (primary N) is 1. The van der Waals surface area contributed by atoms with Gasteiger partial charge in [-0.25, -0.2) is 4.79 Å². The Morgan fingerprint density at radius 1 is 1.32 bits per heavy atom. The highest BCUT2D eigenvalue weighted by atomic mass is 35.5. The Hall–Kier alpha value is -1.95. The number of ether oxygens (including phenoxy) is 1. The number of benzene rings is 1. The van der Waals surface area contributed by atoms with E-state index in [1.165, 1.54) is 0 Å². The van der Waals surface area contributed by atoms with Gasteiger partial charge in [0, 0.05) is 6.54 Å². The average molecular weight is 328 g/mol. The lowest BCUT2D eigenvalue weighted by Crippen LogP contribution is -2.40. The van der Waals surface area contributed by atoms with Crippen LogP contribution in [0.4, 0.5) is 10.5 Å². The SMILES string of the molecule is CC(C)(C)OC(=O)NCCC(Nc1ccccc1Cl)C(N)=O. The molecule has 0 aliphatic heterocycles. The summed E-state index contributed by atoms with van der Waals surface area (Å²) in [5.74, 6) is -0.522. The van der Waals surface area contributed by atoms with Crippen LogP contribution in [0.15, 0.2) is 24.3 Å². The Morgan fingerprint density at radius 2 is 1.95 bits per heavy atom. The third-order valence-corrected chi connectivity index (χ3v) is 2.98. The number of carbonyl (C=O) groups excluding carboxylic acids is 2. The first-order chi connectivity index (χ1) is 10.2. The first-order valence-electron chi connectivity index (χ1n) is 6.96. The second-order valence-corrected chi connectivity index (χ2v) is 6.20. The van der Waals surface area contributed by atoms with Crippen molar-refractivity contribution in [1.29, 1.82) is 0 Å². The van der Waals surface area contributed by atoms with E-state index in [-0.39, 0.29) is 6.54 Å². The topological polar surface area (TPSA) is 93.4 Å². The van der Waals surface area contributed by atoms with Crippen molar-refractivity contribution >= 4 is 29.3 Å². The highest BCUT2D eigenvalue weighted by Gasteiger charge is 2.18.